The summed E-state index contributed by atoms with van der Waals surface area (Å²) in [5, 5.41) is 7.89. The second-order valence-electron chi connectivity index (χ2n) is 6.95. The molecule has 0 aliphatic carbocycles. The minimum Gasteiger partial charge on any atom is -0.350 e. The van der Waals surface area contributed by atoms with E-state index < -0.39 is 5.92 Å². The Bertz CT molecular complexity index is 980. The van der Waals surface area contributed by atoms with E-state index in [9.17, 15) is 9.59 Å². The van der Waals surface area contributed by atoms with Gasteiger partial charge in [0, 0.05) is 22.4 Å². The molecule has 1 aliphatic rings. The Balaban J connectivity index is 1.60. The summed E-state index contributed by atoms with van der Waals surface area (Å²) >= 11 is 3.14. The van der Waals surface area contributed by atoms with E-state index in [2.05, 4.69) is 10.3 Å². The molecule has 0 radical (unpaired) electrons. The van der Waals surface area contributed by atoms with Crippen molar-refractivity contribution < 1.29 is 9.59 Å². The number of aromatic nitrogens is 1. The van der Waals surface area contributed by atoms with Gasteiger partial charge in [-0.05, 0) is 37.4 Å². The van der Waals surface area contributed by atoms with E-state index in [0.717, 1.165) is 26.8 Å². The zero-order chi connectivity index (χ0) is 19.7. The molecule has 3 heterocycles. The van der Waals surface area contributed by atoms with Crippen LogP contribution in [0.5, 0.6) is 0 Å². The molecule has 2 atom stereocenters. The molecule has 1 aromatic carbocycles. The van der Waals surface area contributed by atoms with Crippen LogP contribution in [0.4, 0.5) is 5.69 Å². The third-order valence-corrected chi connectivity index (χ3v) is 6.68. The molecule has 1 fully saturated rings. The van der Waals surface area contributed by atoms with Crippen LogP contribution < -0.4 is 10.2 Å². The summed E-state index contributed by atoms with van der Waals surface area (Å²) in [4.78, 5) is 33.1. The quantitative estimate of drug-likeness (QED) is 0.683. The number of hydrogen-bond acceptors (Lipinski definition) is 5. The lowest BCUT2D eigenvalue weighted by Gasteiger charge is -2.27. The van der Waals surface area contributed by atoms with Crippen molar-refractivity contribution in [2.24, 2.45) is 5.92 Å². The van der Waals surface area contributed by atoms with Crippen LogP contribution in [0, 0.1) is 19.8 Å². The molecule has 0 spiro atoms. The normalized spacial score (nSPS) is 19.2. The van der Waals surface area contributed by atoms with E-state index in [1.807, 2.05) is 61.0 Å². The summed E-state index contributed by atoms with van der Waals surface area (Å²) in [7, 11) is 0. The highest BCUT2D eigenvalue weighted by molar-refractivity contribution is 7.10. The average molecular weight is 412 g/mol. The maximum Gasteiger partial charge on any atom is 0.228 e. The van der Waals surface area contributed by atoms with Crippen LogP contribution in [0.25, 0.3) is 0 Å². The molecule has 1 saturated heterocycles. The second-order valence-corrected chi connectivity index (χ2v) is 8.99. The Morgan fingerprint density at radius 2 is 2.00 bits per heavy atom. The molecule has 3 aromatic rings. The van der Waals surface area contributed by atoms with Crippen LogP contribution in [-0.4, -0.2) is 16.8 Å². The maximum absolute atomic E-state index is 13.0. The highest BCUT2D eigenvalue weighted by Crippen LogP contribution is 2.43. The van der Waals surface area contributed by atoms with Gasteiger partial charge in [0.05, 0.1) is 29.2 Å². The Morgan fingerprint density at radius 1 is 1.21 bits per heavy atom. The van der Waals surface area contributed by atoms with E-state index in [1.165, 1.54) is 0 Å². The third kappa shape index (κ3) is 3.72. The number of aryl methyl sites for hydroxylation is 2. The molecule has 2 aromatic heterocycles. The largest absolute Gasteiger partial charge is 0.350 e. The molecule has 2 amide bonds. The topological polar surface area (TPSA) is 62.3 Å². The lowest BCUT2D eigenvalue weighted by atomic mass is 9.97. The van der Waals surface area contributed by atoms with Gasteiger partial charge in [0.25, 0.3) is 0 Å². The SMILES string of the molecule is Cc1ccc(N2C(=O)C[C@@H](C(=O)NCc3csc(C)n3)[C@@H]2c2cccs2)cc1. The molecule has 5 nitrogen and oxygen atoms in total. The van der Waals surface area contributed by atoms with Crippen LogP contribution in [0.3, 0.4) is 0 Å². The van der Waals surface area contributed by atoms with Gasteiger partial charge in [-0.1, -0.05) is 23.8 Å². The smallest absolute Gasteiger partial charge is 0.228 e. The van der Waals surface area contributed by atoms with Crippen molar-refractivity contribution in [2.75, 3.05) is 4.90 Å². The van der Waals surface area contributed by atoms with Crippen molar-refractivity contribution in [2.45, 2.75) is 32.9 Å². The minimum atomic E-state index is -0.424. The highest BCUT2D eigenvalue weighted by Gasteiger charge is 2.45. The van der Waals surface area contributed by atoms with E-state index in [-0.39, 0.29) is 24.3 Å². The number of thiazole rings is 1. The third-order valence-electron chi connectivity index (χ3n) is 4.92. The second kappa shape index (κ2) is 7.85. The first-order chi connectivity index (χ1) is 13.5. The first-order valence-corrected chi connectivity index (χ1v) is 10.9. The number of amides is 2. The predicted octanol–water partition coefficient (Wildman–Crippen LogP) is 4.23. The number of thiophene rings is 1. The first kappa shape index (κ1) is 18.8. The molecular weight excluding hydrogens is 390 g/mol. The van der Waals surface area contributed by atoms with E-state index in [4.69, 9.17) is 0 Å². The van der Waals surface area contributed by atoms with Gasteiger partial charge >= 0.3 is 0 Å². The molecule has 144 valence electrons. The fraction of sp³-hybridized carbons (Fsp3) is 0.286. The van der Waals surface area contributed by atoms with Crippen molar-refractivity contribution in [1.29, 1.82) is 0 Å². The standard InChI is InChI=1S/C21H21N3O2S2/c1-13-5-7-16(8-6-13)24-19(25)10-17(20(24)18-4-3-9-27-18)21(26)22-11-15-12-28-14(2)23-15/h3-9,12,17,20H,10-11H2,1-2H3,(H,22,26)/t17-,20-/m1/s1. The molecule has 1 aliphatic heterocycles. The number of rotatable bonds is 5. The van der Waals surface area contributed by atoms with Gasteiger partial charge in [-0.3, -0.25) is 9.59 Å². The van der Waals surface area contributed by atoms with Crippen molar-refractivity contribution in [3.8, 4) is 0 Å². The number of carbonyl (C=O) groups is 2. The first-order valence-electron chi connectivity index (χ1n) is 9.14. The maximum atomic E-state index is 13.0. The van der Waals surface area contributed by atoms with E-state index in [0.29, 0.717) is 6.54 Å². The van der Waals surface area contributed by atoms with Gasteiger partial charge in [0.2, 0.25) is 11.8 Å². The van der Waals surface area contributed by atoms with Crippen molar-refractivity contribution in [3.05, 3.63) is 68.3 Å². The zero-order valence-corrected chi connectivity index (χ0v) is 17.3. The Hall–Kier alpha value is -2.51. The Labute approximate surface area is 172 Å². The summed E-state index contributed by atoms with van der Waals surface area (Å²) in [5.41, 5.74) is 2.82. The summed E-state index contributed by atoms with van der Waals surface area (Å²) in [6.45, 7) is 4.34. The number of anilines is 1. The Kier molecular flexibility index (Phi) is 5.28. The zero-order valence-electron chi connectivity index (χ0n) is 15.7. The fourth-order valence-electron chi connectivity index (χ4n) is 3.56. The van der Waals surface area contributed by atoms with Gasteiger partial charge in [-0.2, -0.15) is 0 Å². The minimum absolute atomic E-state index is 0.0214. The van der Waals surface area contributed by atoms with Crippen molar-refractivity contribution >= 4 is 40.2 Å². The highest BCUT2D eigenvalue weighted by atomic mass is 32.1. The van der Waals surface area contributed by atoms with Gasteiger partial charge in [-0.15, -0.1) is 22.7 Å². The van der Waals surface area contributed by atoms with Crippen LogP contribution in [-0.2, 0) is 16.1 Å². The van der Waals surface area contributed by atoms with Gasteiger partial charge < -0.3 is 10.2 Å². The van der Waals surface area contributed by atoms with Crippen LogP contribution in [0.1, 0.15) is 33.6 Å². The lowest BCUT2D eigenvalue weighted by molar-refractivity contribution is -0.127. The van der Waals surface area contributed by atoms with Crippen LogP contribution in [0.15, 0.2) is 47.2 Å². The number of benzene rings is 1. The lowest BCUT2D eigenvalue weighted by Crippen LogP contribution is -2.35. The van der Waals surface area contributed by atoms with E-state index >= 15 is 0 Å². The number of hydrogen-bond donors (Lipinski definition) is 1. The molecular formula is C21H21N3O2S2. The summed E-state index contributed by atoms with van der Waals surface area (Å²) in [5.74, 6) is -0.550. The fourth-order valence-corrected chi connectivity index (χ4v) is 5.06. The number of carbonyl (C=O) groups excluding carboxylic acids is 2. The van der Waals surface area contributed by atoms with Gasteiger partial charge in [0.1, 0.15) is 0 Å². The van der Waals surface area contributed by atoms with Crippen molar-refractivity contribution in [3.63, 3.8) is 0 Å². The van der Waals surface area contributed by atoms with E-state index in [1.54, 1.807) is 27.6 Å². The van der Waals surface area contributed by atoms with Crippen LogP contribution >= 0.6 is 22.7 Å². The average Bonchev–Trinajstić information content (AvgIpc) is 3.40. The molecule has 0 unspecified atom stereocenters. The summed E-state index contributed by atoms with van der Waals surface area (Å²) < 4.78 is 0. The molecule has 7 heteroatoms. The number of nitrogens with one attached hydrogen (secondary N) is 1. The molecule has 0 bridgehead atoms. The van der Waals surface area contributed by atoms with Crippen molar-refractivity contribution in [1.82, 2.24) is 10.3 Å². The van der Waals surface area contributed by atoms with Gasteiger partial charge in [0.15, 0.2) is 0 Å². The Morgan fingerprint density at radius 3 is 2.64 bits per heavy atom. The number of nitrogens with zero attached hydrogens (tertiary/aromatic N) is 2. The van der Waals surface area contributed by atoms with Crippen LogP contribution in [0.2, 0.25) is 0 Å². The summed E-state index contributed by atoms with van der Waals surface area (Å²) in [6, 6.07) is 11.6. The molecule has 28 heavy (non-hydrogen) atoms. The molecule has 0 saturated carbocycles. The van der Waals surface area contributed by atoms with Gasteiger partial charge in [-0.25, -0.2) is 4.98 Å². The monoisotopic (exact) mass is 411 g/mol. The predicted molar refractivity (Wildman–Crippen MR) is 113 cm³/mol. The molecule has 1 N–H and O–H groups in total. The molecule has 4 rings (SSSR count). The summed E-state index contributed by atoms with van der Waals surface area (Å²) in [6.07, 6.45) is 0.207.